The maximum atomic E-state index is 8.87. The lowest BCUT2D eigenvalue weighted by Gasteiger charge is -2.18. The normalized spacial score (nSPS) is 12.4. The predicted octanol–water partition coefficient (Wildman–Crippen LogP) is 1.78. The number of rotatable bonds is 9. The fraction of sp³-hybridized carbons (Fsp3) is 0.368. The van der Waals surface area contributed by atoms with Crippen LogP contribution in [0.25, 0.3) is 22.3 Å². The van der Waals surface area contributed by atoms with Gasteiger partial charge in [0.15, 0.2) is 0 Å². The third-order valence-corrected chi connectivity index (χ3v) is 5.74. The Morgan fingerprint density at radius 2 is 2.04 bits per heavy atom. The summed E-state index contributed by atoms with van der Waals surface area (Å²) in [5, 5.41) is 24.9. The summed E-state index contributed by atoms with van der Waals surface area (Å²) in [4.78, 5) is 6.94. The molecule has 0 saturated carbocycles. The summed E-state index contributed by atoms with van der Waals surface area (Å²) in [6, 6.07) is 8.36. The van der Waals surface area contributed by atoms with E-state index < -0.39 is 0 Å². The van der Waals surface area contributed by atoms with Crippen molar-refractivity contribution < 1.29 is 5.11 Å². The van der Waals surface area contributed by atoms with Crippen molar-refractivity contribution in [2.75, 3.05) is 45.2 Å². The Morgan fingerprint density at radius 1 is 1.11 bits per heavy atom. The van der Waals surface area contributed by atoms with E-state index in [0.29, 0.717) is 6.54 Å². The SMILES string of the molecule is CNCCn1nc2c3c(c(NCCNCCO)ccc31)Sc1cccnc1-2. The lowest BCUT2D eigenvalue weighted by molar-refractivity contribution is 0.293. The monoisotopic (exact) mass is 384 g/mol. The van der Waals surface area contributed by atoms with Crippen molar-refractivity contribution in [3.05, 3.63) is 30.5 Å². The lowest BCUT2D eigenvalue weighted by atomic mass is 10.1. The van der Waals surface area contributed by atoms with E-state index in [9.17, 15) is 0 Å². The minimum absolute atomic E-state index is 0.159. The Bertz CT molecular complexity index is 941. The maximum absolute atomic E-state index is 8.87. The first-order valence-electron chi connectivity index (χ1n) is 9.20. The molecule has 0 unspecified atom stereocenters. The molecule has 1 aliphatic heterocycles. The van der Waals surface area contributed by atoms with E-state index in [4.69, 9.17) is 10.2 Å². The van der Waals surface area contributed by atoms with Crippen molar-refractivity contribution >= 4 is 28.4 Å². The zero-order valence-corrected chi connectivity index (χ0v) is 16.1. The van der Waals surface area contributed by atoms with Gasteiger partial charge in [-0.1, -0.05) is 11.8 Å². The molecule has 0 saturated heterocycles. The molecular formula is C19H24N6OS. The van der Waals surface area contributed by atoms with Crippen molar-refractivity contribution in [2.45, 2.75) is 16.3 Å². The fourth-order valence-corrected chi connectivity index (χ4v) is 4.46. The van der Waals surface area contributed by atoms with E-state index in [1.165, 1.54) is 10.3 Å². The van der Waals surface area contributed by atoms with Gasteiger partial charge in [0.05, 0.1) is 18.7 Å². The average Bonchev–Trinajstić information content (AvgIpc) is 3.07. The van der Waals surface area contributed by atoms with Gasteiger partial charge in [0.1, 0.15) is 11.4 Å². The maximum Gasteiger partial charge on any atom is 0.121 e. The summed E-state index contributed by atoms with van der Waals surface area (Å²) in [5.74, 6) is 0. The molecule has 0 fully saturated rings. The molecule has 2 aromatic heterocycles. The highest BCUT2D eigenvalue weighted by atomic mass is 32.2. The second-order valence-corrected chi connectivity index (χ2v) is 7.42. The van der Waals surface area contributed by atoms with Crippen LogP contribution >= 0.6 is 11.8 Å². The molecule has 0 aliphatic carbocycles. The van der Waals surface area contributed by atoms with Crippen LogP contribution in [0.1, 0.15) is 0 Å². The van der Waals surface area contributed by atoms with Crippen LogP contribution in [0.4, 0.5) is 5.69 Å². The van der Waals surface area contributed by atoms with Crippen molar-refractivity contribution in [2.24, 2.45) is 0 Å². The quantitative estimate of drug-likeness (QED) is 0.327. The van der Waals surface area contributed by atoms with E-state index in [2.05, 4.69) is 43.8 Å². The number of nitrogens with one attached hydrogen (secondary N) is 3. The van der Waals surface area contributed by atoms with Crippen LogP contribution in [-0.2, 0) is 6.54 Å². The van der Waals surface area contributed by atoms with Gasteiger partial charge in [-0.15, -0.1) is 0 Å². The zero-order chi connectivity index (χ0) is 18.6. The van der Waals surface area contributed by atoms with Gasteiger partial charge >= 0.3 is 0 Å². The highest BCUT2D eigenvalue weighted by Gasteiger charge is 2.26. The van der Waals surface area contributed by atoms with Gasteiger partial charge in [-0.2, -0.15) is 5.10 Å². The Hall–Kier alpha value is -2.13. The third kappa shape index (κ3) is 3.53. The topological polar surface area (TPSA) is 87.0 Å². The highest BCUT2D eigenvalue weighted by Crippen LogP contribution is 2.49. The summed E-state index contributed by atoms with van der Waals surface area (Å²) in [5.41, 5.74) is 4.18. The molecule has 0 amide bonds. The molecule has 0 atom stereocenters. The molecular weight excluding hydrogens is 360 g/mol. The molecule has 0 spiro atoms. The van der Waals surface area contributed by atoms with E-state index in [-0.39, 0.29) is 6.61 Å². The molecule has 8 heteroatoms. The van der Waals surface area contributed by atoms with Gasteiger partial charge in [0.2, 0.25) is 0 Å². The molecule has 4 N–H and O–H groups in total. The molecule has 3 aromatic rings. The first-order valence-corrected chi connectivity index (χ1v) is 10.0. The van der Waals surface area contributed by atoms with E-state index >= 15 is 0 Å². The Labute approximate surface area is 162 Å². The minimum atomic E-state index is 0.159. The van der Waals surface area contributed by atoms with Crippen LogP contribution in [0.2, 0.25) is 0 Å². The second-order valence-electron chi connectivity index (χ2n) is 6.36. The number of pyridine rings is 1. The standard InChI is InChI=1S/C19H24N6OS/c1-20-9-11-25-14-5-4-13(22-8-7-21-10-12-26)19-16(14)18(24-25)17-15(27-19)3-2-6-23-17/h2-6,20-22,26H,7-12H2,1H3. The van der Waals surface area contributed by atoms with Crippen LogP contribution in [-0.4, -0.2) is 59.7 Å². The van der Waals surface area contributed by atoms with E-state index in [0.717, 1.165) is 53.7 Å². The Morgan fingerprint density at radius 3 is 2.89 bits per heavy atom. The van der Waals surface area contributed by atoms with Gasteiger partial charge in [0, 0.05) is 53.2 Å². The summed E-state index contributed by atoms with van der Waals surface area (Å²) >= 11 is 1.75. The predicted molar refractivity (Wildman–Crippen MR) is 109 cm³/mol. The van der Waals surface area contributed by atoms with Gasteiger partial charge in [0.25, 0.3) is 0 Å². The molecule has 0 radical (unpaired) electrons. The van der Waals surface area contributed by atoms with Crippen molar-refractivity contribution in [1.29, 1.82) is 0 Å². The molecule has 4 rings (SSSR count). The van der Waals surface area contributed by atoms with Crippen LogP contribution in [0, 0.1) is 0 Å². The van der Waals surface area contributed by atoms with Crippen LogP contribution in [0.5, 0.6) is 0 Å². The number of aliphatic hydroxyl groups is 1. The number of aliphatic hydroxyl groups excluding tert-OH is 1. The van der Waals surface area contributed by atoms with Crippen LogP contribution < -0.4 is 16.0 Å². The largest absolute Gasteiger partial charge is 0.395 e. The number of benzene rings is 1. The number of hydrogen-bond acceptors (Lipinski definition) is 7. The second kappa shape index (κ2) is 8.26. The van der Waals surface area contributed by atoms with Crippen molar-refractivity contribution in [3.8, 4) is 11.4 Å². The minimum Gasteiger partial charge on any atom is -0.395 e. The van der Waals surface area contributed by atoms with Gasteiger partial charge in [-0.3, -0.25) is 9.67 Å². The Balaban J connectivity index is 1.72. The molecule has 1 aromatic carbocycles. The van der Waals surface area contributed by atoms with E-state index in [1.807, 2.05) is 19.3 Å². The molecule has 1 aliphatic rings. The third-order valence-electron chi connectivity index (χ3n) is 4.56. The molecule has 0 bridgehead atoms. The zero-order valence-electron chi connectivity index (χ0n) is 15.3. The smallest absolute Gasteiger partial charge is 0.121 e. The first kappa shape index (κ1) is 18.2. The van der Waals surface area contributed by atoms with E-state index in [1.54, 1.807) is 11.8 Å². The van der Waals surface area contributed by atoms with Crippen molar-refractivity contribution in [1.82, 2.24) is 25.4 Å². The molecule has 3 heterocycles. The summed E-state index contributed by atoms with van der Waals surface area (Å²) in [7, 11) is 1.95. The number of likely N-dealkylation sites (N-methyl/N-ethyl adjacent to an activating group) is 1. The molecule has 142 valence electrons. The number of aromatic nitrogens is 3. The number of anilines is 1. The molecule has 27 heavy (non-hydrogen) atoms. The fourth-order valence-electron chi connectivity index (χ4n) is 3.29. The van der Waals surface area contributed by atoms with Crippen molar-refractivity contribution in [3.63, 3.8) is 0 Å². The lowest BCUT2D eigenvalue weighted by Crippen LogP contribution is -2.25. The van der Waals surface area contributed by atoms with Gasteiger partial charge in [-0.05, 0) is 31.3 Å². The summed E-state index contributed by atoms with van der Waals surface area (Å²) in [6.07, 6.45) is 1.83. The number of hydrogen-bond donors (Lipinski definition) is 4. The first-order chi connectivity index (χ1) is 13.3. The van der Waals surface area contributed by atoms with Crippen LogP contribution in [0.15, 0.2) is 40.3 Å². The molecule has 7 nitrogen and oxygen atoms in total. The Kier molecular flexibility index (Phi) is 5.58. The average molecular weight is 385 g/mol. The van der Waals surface area contributed by atoms with Crippen LogP contribution in [0.3, 0.4) is 0 Å². The van der Waals surface area contributed by atoms with Gasteiger partial charge in [-0.25, -0.2) is 0 Å². The van der Waals surface area contributed by atoms with Gasteiger partial charge < -0.3 is 21.1 Å². The number of fused-ring (bicyclic) bond motifs is 2. The number of nitrogens with zero attached hydrogens (tertiary/aromatic N) is 3. The highest BCUT2D eigenvalue weighted by molar-refractivity contribution is 8.00. The summed E-state index contributed by atoms with van der Waals surface area (Å²) < 4.78 is 2.07. The summed E-state index contributed by atoms with van der Waals surface area (Å²) in [6.45, 7) is 4.05.